The fraction of sp³-hybridized carbons (Fsp3) is 0.857. The van der Waals surface area contributed by atoms with E-state index in [1.165, 1.54) is 0 Å². The zero-order valence-corrected chi connectivity index (χ0v) is 12.7. The van der Waals surface area contributed by atoms with Gasteiger partial charge in [-0.2, -0.15) is 11.8 Å². The molecule has 1 aliphatic carbocycles. The SMILES string of the molecule is CCSCCC(C)N1CC(=O)NC2(CCCC2)C1=O. The first-order valence-corrected chi connectivity index (χ1v) is 8.44. The van der Waals surface area contributed by atoms with E-state index in [-0.39, 0.29) is 24.4 Å². The van der Waals surface area contributed by atoms with Crippen molar-refractivity contribution in [1.29, 1.82) is 0 Å². The Kier molecular flexibility index (Phi) is 4.76. The van der Waals surface area contributed by atoms with Gasteiger partial charge in [0.15, 0.2) is 0 Å². The molecule has 1 spiro atoms. The van der Waals surface area contributed by atoms with Gasteiger partial charge < -0.3 is 10.2 Å². The Balaban J connectivity index is 2.02. The molecule has 1 saturated carbocycles. The van der Waals surface area contributed by atoms with Crippen LogP contribution in [-0.4, -0.2) is 46.3 Å². The van der Waals surface area contributed by atoms with E-state index >= 15 is 0 Å². The molecular formula is C14H24N2O2S. The van der Waals surface area contributed by atoms with Gasteiger partial charge in [0.25, 0.3) is 0 Å². The lowest BCUT2D eigenvalue weighted by atomic mass is 9.92. The summed E-state index contributed by atoms with van der Waals surface area (Å²) in [7, 11) is 0. The highest BCUT2D eigenvalue weighted by atomic mass is 32.2. The van der Waals surface area contributed by atoms with Gasteiger partial charge in [-0.05, 0) is 37.7 Å². The zero-order chi connectivity index (χ0) is 13.9. The molecule has 108 valence electrons. The summed E-state index contributed by atoms with van der Waals surface area (Å²) in [4.78, 5) is 26.4. The number of nitrogens with zero attached hydrogens (tertiary/aromatic N) is 1. The highest BCUT2D eigenvalue weighted by molar-refractivity contribution is 7.99. The Morgan fingerprint density at radius 3 is 2.68 bits per heavy atom. The number of nitrogens with one attached hydrogen (secondary N) is 1. The van der Waals surface area contributed by atoms with Crippen LogP contribution in [0.3, 0.4) is 0 Å². The van der Waals surface area contributed by atoms with Crippen LogP contribution in [-0.2, 0) is 9.59 Å². The van der Waals surface area contributed by atoms with Crippen LogP contribution >= 0.6 is 11.8 Å². The van der Waals surface area contributed by atoms with Crippen molar-refractivity contribution >= 4 is 23.6 Å². The second kappa shape index (κ2) is 6.16. The molecule has 1 heterocycles. The largest absolute Gasteiger partial charge is 0.340 e. The summed E-state index contributed by atoms with van der Waals surface area (Å²) in [5.74, 6) is 2.32. The van der Waals surface area contributed by atoms with Crippen molar-refractivity contribution in [2.75, 3.05) is 18.1 Å². The maximum absolute atomic E-state index is 12.7. The Bertz CT molecular complexity index is 353. The topological polar surface area (TPSA) is 49.4 Å². The van der Waals surface area contributed by atoms with Crippen LogP contribution in [0.2, 0.25) is 0 Å². The molecule has 0 radical (unpaired) electrons. The molecule has 2 amide bonds. The van der Waals surface area contributed by atoms with Crippen LogP contribution in [0.25, 0.3) is 0 Å². The Morgan fingerprint density at radius 1 is 1.37 bits per heavy atom. The van der Waals surface area contributed by atoms with Gasteiger partial charge in [-0.1, -0.05) is 19.8 Å². The molecule has 0 aromatic heterocycles. The summed E-state index contributed by atoms with van der Waals surface area (Å²) >= 11 is 1.89. The van der Waals surface area contributed by atoms with Crippen molar-refractivity contribution in [1.82, 2.24) is 10.2 Å². The van der Waals surface area contributed by atoms with E-state index in [0.717, 1.165) is 43.6 Å². The first-order valence-electron chi connectivity index (χ1n) is 7.29. The quantitative estimate of drug-likeness (QED) is 0.783. The molecule has 0 aromatic rings. The number of thioether (sulfide) groups is 1. The summed E-state index contributed by atoms with van der Waals surface area (Å²) in [6, 6.07) is 0.162. The van der Waals surface area contributed by atoms with E-state index in [1.54, 1.807) is 4.90 Å². The summed E-state index contributed by atoms with van der Waals surface area (Å²) in [6.45, 7) is 4.44. The minimum atomic E-state index is -0.568. The van der Waals surface area contributed by atoms with Gasteiger partial charge in [0.1, 0.15) is 5.54 Å². The maximum Gasteiger partial charge on any atom is 0.249 e. The maximum atomic E-state index is 12.7. The van der Waals surface area contributed by atoms with Gasteiger partial charge in [0.05, 0.1) is 6.54 Å². The highest BCUT2D eigenvalue weighted by Gasteiger charge is 2.49. The van der Waals surface area contributed by atoms with E-state index in [9.17, 15) is 9.59 Å². The molecule has 0 bridgehead atoms. The minimum Gasteiger partial charge on any atom is -0.340 e. The fourth-order valence-corrected chi connectivity index (χ4v) is 3.89. The monoisotopic (exact) mass is 284 g/mol. The lowest BCUT2D eigenvalue weighted by Gasteiger charge is -2.42. The van der Waals surface area contributed by atoms with Crippen molar-refractivity contribution in [3.8, 4) is 0 Å². The number of rotatable bonds is 5. The highest BCUT2D eigenvalue weighted by Crippen LogP contribution is 2.34. The normalized spacial score (nSPS) is 23.8. The molecule has 4 nitrogen and oxygen atoms in total. The summed E-state index contributed by atoms with van der Waals surface area (Å²) in [5, 5.41) is 2.96. The van der Waals surface area contributed by atoms with Crippen LogP contribution in [0, 0.1) is 0 Å². The van der Waals surface area contributed by atoms with Crippen LogP contribution in [0.1, 0.15) is 46.0 Å². The van der Waals surface area contributed by atoms with E-state index in [1.807, 2.05) is 11.8 Å². The average molecular weight is 284 g/mol. The van der Waals surface area contributed by atoms with Gasteiger partial charge >= 0.3 is 0 Å². The molecule has 1 N–H and O–H groups in total. The van der Waals surface area contributed by atoms with Gasteiger partial charge in [0.2, 0.25) is 11.8 Å². The number of piperazine rings is 1. The van der Waals surface area contributed by atoms with Crippen molar-refractivity contribution < 1.29 is 9.59 Å². The predicted molar refractivity (Wildman–Crippen MR) is 78.1 cm³/mol. The van der Waals surface area contributed by atoms with E-state index < -0.39 is 5.54 Å². The van der Waals surface area contributed by atoms with E-state index in [2.05, 4.69) is 19.2 Å². The van der Waals surface area contributed by atoms with Crippen molar-refractivity contribution in [3.63, 3.8) is 0 Å². The Hall–Kier alpha value is -0.710. The molecule has 2 fully saturated rings. The van der Waals surface area contributed by atoms with Gasteiger partial charge in [-0.15, -0.1) is 0 Å². The van der Waals surface area contributed by atoms with Gasteiger partial charge in [-0.3, -0.25) is 9.59 Å². The van der Waals surface area contributed by atoms with Gasteiger partial charge in [-0.25, -0.2) is 0 Å². The predicted octanol–water partition coefficient (Wildman–Crippen LogP) is 1.79. The zero-order valence-electron chi connectivity index (χ0n) is 11.9. The average Bonchev–Trinajstić information content (AvgIpc) is 2.83. The van der Waals surface area contributed by atoms with Crippen LogP contribution in [0.5, 0.6) is 0 Å². The van der Waals surface area contributed by atoms with Crippen LogP contribution in [0.15, 0.2) is 0 Å². The van der Waals surface area contributed by atoms with Gasteiger partial charge in [0, 0.05) is 6.04 Å². The second-order valence-electron chi connectivity index (χ2n) is 5.61. The lowest BCUT2D eigenvalue weighted by molar-refractivity contribution is -0.151. The molecule has 1 atom stereocenters. The number of hydrogen-bond acceptors (Lipinski definition) is 3. The first kappa shape index (κ1) is 14.7. The number of hydrogen-bond donors (Lipinski definition) is 1. The van der Waals surface area contributed by atoms with Crippen molar-refractivity contribution in [3.05, 3.63) is 0 Å². The van der Waals surface area contributed by atoms with E-state index in [0.29, 0.717) is 0 Å². The fourth-order valence-electron chi connectivity index (χ4n) is 3.09. The smallest absolute Gasteiger partial charge is 0.249 e. The molecule has 1 aliphatic heterocycles. The molecule has 1 saturated heterocycles. The Labute approximate surface area is 119 Å². The number of amides is 2. The third kappa shape index (κ3) is 3.07. The summed E-state index contributed by atoms with van der Waals surface area (Å²) in [6.07, 6.45) is 4.67. The van der Waals surface area contributed by atoms with Crippen molar-refractivity contribution in [2.45, 2.75) is 57.5 Å². The summed E-state index contributed by atoms with van der Waals surface area (Å²) in [5.41, 5.74) is -0.568. The molecule has 1 unspecified atom stereocenters. The van der Waals surface area contributed by atoms with Crippen LogP contribution < -0.4 is 5.32 Å². The molecule has 0 aromatic carbocycles. The first-order chi connectivity index (χ1) is 9.09. The molecule has 2 rings (SSSR count). The lowest BCUT2D eigenvalue weighted by Crippen LogP contribution is -2.67. The standard InChI is InChI=1S/C14H24N2O2S/c1-3-19-9-6-11(2)16-10-12(17)15-14(13(16)18)7-4-5-8-14/h11H,3-10H2,1-2H3,(H,15,17). The number of carbonyl (C=O) groups excluding carboxylic acids is 2. The third-order valence-corrected chi connectivity index (χ3v) is 5.17. The molecule has 2 aliphatic rings. The number of carbonyl (C=O) groups is 2. The molecular weight excluding hydrogens is 260 g/mol. The summed E-state index contributed by atoms with van der Waals surface area (Å²) < 4.78 is 0. The van der Waals surface area contributed by atoms with Crippen LogP contribution in [0.4, 0.5) is 0 Å². The Morgan fingerprint density at radius 2 is 2.05 bits per heavy atom. The third-order valence-electron chi connectivity index (χ3n) is 4.24. The minimum absolute atomic E-state index is 0.0106. The van der Waals surface area contributed by atoms with E-state index in [4.69, 9.17) is 0 Å². The molecule has 5 heteroatoms. The second-order valence-corrected chi connectivity index (χ2v) is 7.00. The molecule has 19 heavy (non-hydrogen) atoms. The van der Waals surface area contributed by atoms with Crippen molar-refractivity contribution in [2.24, 2.45) is 0 Å².